The third-order valence-corrected chi connectivity index (χ3v) is 3.00. The van der Waals surface area contributed by atoms with Crippen LogP contribution in [0.1, 0.15) is 17.2 Å². The SMILES string of the molecule is OC(CNCc1ccccc1)c1ccc(OC(F)F)cc1. The molecule has 0 bridgehead atoms. The minimum absolute atomic E-state index is 0.0817. The summed E-state index contributed by atoms with van der Waals surface area (Å²) in [6.07, 6.45) is -0.700. The maximum atomic E-state index is 12.0. The third-order valence-electron chi connectivity index (χ3n) is 3.00. The van der Waals surface area contributed by atoms with Crippen LogP contribution in [0.15, 0.2) is 54.6 Å². The van der Waals surface area contributed by atoms with Crippen molar-refractivity contribution in [2.75, 3.05) is 6.54 Å². The molecule has 1 unspecified atom stereocenters. The Morgan fingerprint density at radius 1 is 1.00 bits per heavy atom. The van der Waals surface area contributed by atoms with Gasteiger partial charge >= 0.3 is 6.61 Å². The molecule has 0 amide bonds. The van der Waals surface area contributed by atoms with E-state index in [0.29, 0.717) is 18.7 Å². The smallest absolute Gasteiger partial charge is 0.387 e. The molecule has 0 heterocycles. The van der Waals surface area contributed by atoms with Gasteiger partial charge in [0.15, 0.2) is 0 Å². The topological polar surface area (TPSA) is 41.5 Å². The molecule has 0 radical (unpaired) electrons. The molecule has 2 N–H and O–H groups in total. The highest BCUT2D eigenvalue weighted by atomic mass is 19.3. The summed E-state index contributed by atoms with van der Waals surface area (Å²) in [7, 11) is 0. The number of aliphatic hydroxyl groups is 1. The number of alkyl halides is 2. The molecule has 112 valence electrons. The molecule has 0 aromatic heterocycles. The van der Waals surface area contributed by atoms with Crippen LogP contribution >= 0.6 is 0 Å². The summed E-state index contributed by atoms with van der Waals surface area (Å²) in [4.78, 5) is 0. The summed E-state index contributed by atoms with van der Waals surface area (Å²) in [5.74, 6) is 0.0817. The molecule has 2 rings (SSSR count). The van der Waals surface area contributed by atoms with Gasteiger partial charge in [0.25, 0.3) is 0 Å². The number of rotatable bonds is 7. The highest BCUT2D eigenvalue weighted by Gasteiger charge is 2.09. The van der Waals surface area contributed by atoms with E-state index in [-0.39, 0.29) is 5.75 Å². The Hall–Kier alpha value is -1.98. The van der Waals surface area contributed by atoms with Crippen molar-refractivity contribution in [3.63, 3.8) is 0 Å². The lowest BCUT2D eigenvalue weighted by atomic mass is 10.1. The lowest BCUT2D eigenvalue weighted by Crippen LogP contribution is -2.21. The summed E-state index contributed by atoms with van der Waals surface area (Å²) in [6.45, 7) is -1.80. The van der Waals surface area contributed by atoms with Crippen molar-refractivity contribution in [1.29, 1.82) is 0 Å². The van der Waals surface area contributed by atoms with Crippen molar-refractivity contribution in [2.45, 2.75) is 19.3 Å². The van der Waals surface area contributed by atoms with Gasteiger partial charge in [-0.15, -0.1) is 0 Å². The molecule has 0 saturated carbocycles. The molecule has 0 aliphatic carbocycles. The minimum Gasteiger partial charge on any atom is -0.435 e. The molecule has 0 aliphatic rings. The van der Waals surface area contributed by atoms with Crippen molar-refractivity contribution >= 4 is 0 Å². The van der Waals surface area contributed by atoms with E-state index in [4.69, 9.17) is 0 Å². The predicted octanol–water partition coefficient (Wildman–Crippen LogP) is 3.11. The standard InChI is InChI=1S/C16H17F2NO2/c17-16(18)21-14-8-6-13(7-9-14)15(20)11-19-10-12-4-2-1-3-5-12/h1-9,15-16,19-20H,10-11H2. The van der Waals surface area contributed by atoms with Crippen LogP contribution in [-0.2, 0) is 6.54 Å². The second kappa shape index (κ2) is 7.71. The zero-order valence-corrected chi connectivity index (χ0v) is 11.4. The maximum Gasteiger partial charge on any atom is 0.387 e. The van der Waals surface area contributed by atoms with Crippen LogP contribution in [0.4, 0.5) is 8.78 Å². The Morgan fingerprint density at radius 3 is 2.29 bits per heavy atom. The van der Waals surface area contributed by atoms with Gasteiger partial charge in [0.1, 0.15) is 5.75 Å². The third kappa shape index (κ3) is 5.13. The van der Waals surface area contributed by atoms with Crippen molar-refractivity contribution < 1.29 is 18.6 Å². The first-order valence-corrected chi connectivity index (χ1v) is 6.62. The minimum atomic E-state index is -2.84. The Kier molecular flexibility index (Phi) is 5.66. The molecule has 21 heavy (non-hydrogen) atoms. The first-order valence-electron chi connectivity index (χ1n) is 6.62. The van der Waals surface area contributed by atoms with E-state index >= 15 is 0 Å². The van der Waals surface area contributed by atoms with Crippen LogP contribution in [0, 0.1) is 0 Å². The van der Waals surface area contributed by atoms with Crippen LogP contribution in [0.25, 0.3) is 0 Å². The van der Waals surface area contributed by atoms with Gasteiger partial charge < -0.3 is 15.2 Å². The molecular weight excluding hydrogens is 276 g/mol. The number of ether oxygens (including phenoxy) is 1. The molecule has 0 saturated heterocycles. The lowest BCUT2D eigenvalue weighted by Gasteiger charge is -2.13. The maximum absolute atomic E-state index is 12.0. The highest BCUT2D eigenvalue weighted by Crippen LogP contribution is 2.19. The van der Waals surface area contributed by atoms with Crippen molar-refractivity contribution in [3.8, 4) is 5.75 Å². The van der Waals surface area contributed by atoms with Crippen LogP contribution in [0.2, 0.25) is 0 Å². The Bertz CT molecular complexity index is 532. The van der Waals surface area contributed by atoms with E-state index in [2.05, 4.69) is 10.1 Å². The fourth-order valence-corrected chi connectivity index (χ4v) is 1.94. The average molecular weight is 293 g/mol. The number of hydrogen-bond acceptors (Lipinski definition) is 3. The number of halogens is 2. The van der Waals surface area contributed by atoms with Gasteiger partial charge in [0.05, 0.1) is 6.10 Å². The average Bonchev–Trinajstić information content (AvgIpc) is 2.48. The fraction of sp³-hybridized carbons (Fsp3) is 0.250. The van der Waals surface area contributed by atoms with Gasteiger partial charge in [0, 0.05) is 13.1 Å². The molecule has 1 atom stereocenters. The van der Waals surface area contributed by atoms with Gasteiger partial charge in [-0.3, -0.25) is 0 Å². The van der Waals surface area contributed by atoms with Gasteiger partial charge in [-0.05, 0) is 23.3 Å². The van der Waals surface area contributed by atoms with E-state index in [9.17, 15) is 13.9 Å². The summed E-state index contributed by atoms with van der Waals surface area (Å²) >= 11 is 0. The van der Waals surface area contributed by atoms with Crippen LogP contribution in [-0.4, -0.2) is 18.3 Å². The Balaban J connectivity index is 1.81. The molecule has 0 fully saturated rings. The molecule has 0 aliphatic heterocycles. The first-order chi connectivity index (χ1) is 10.1. The van der Waals surface area contributed by atoms with Crippen LogP contribution < -0.4 is 10.1 Å². The monoisotopic (exact) mass is 293 g/mol. The van der Waals surface area contributed by atoms with E-state index in [1.807, 2.05) is 30.3 Å². The number of benzene rings is 2. The predicted molar refractivity (Wildman–Crippen MR) is 76.2 cm³/mol. The van der Waals surface area contributed by atoms with E-state index in [1.54, 1.807) is 12.1 Å². The zero-order chi connectivity index (χ0) is 15.1. The molecular formula is C16H17F2NO2. The van der Waals surface area contributed by atoms with E-state index in [0.717, 1.165) is 5.56 Å². The number of aliphatic hydroxyl groups excluding tert-OH is 1. The van der Waals surface area contributed by atoms with E-state index < -0.39 is 12.7 Å². The molecule has 0 spiro atoms. The van der Waals surface area contributed by atoms with Gasteiger partial charge in [-0.2, -0.15) is 8.78 Å². The summed E-state index contributed by atoms with van der Waals surface area (Å²) in [6, 6.07) is 15.8. The second-order valence-electron chi connectivity index (χ2n) is 4.58. The van der Waals surface area contributed by atoms with Crippen molar-refractivity contribution in [3.05, 3.63) is 65.7 Å². The quantitative estimate of drug-likeness (QED) is 0.824. The Labute approximate surface area is 122 Å². The second-order valence-corrected chi connectivity index (χ2v) is 4.58. The summed E-state index contributed by atoms with van der Waals surface area (Å²) in [5.41, 5.74) is 1.78. The number of nitrogens with one attached hydrogen (secondary N) is 1. The van der Waals surface area contributed by atoms with Crippen LogP contribution in [0.3, 0.4) is 0 Å². The van der Waals surface area contributed by atoms with Gasteiger partial charge in [0.2, 0.25) is 0 Å². The van der Waals surface area contributed by atoms with Gasteiger partial charge in [-0.25, -0.2) is 0 Å². The largest absolute Gasteiger partial charge is 0.435 e. The van der Waals surface area contributed by atoms with Gasteiger partial charge in [-0.1, -0.05) is 42.5 Å². The molecule has 3 nitrogen and oxygen atoms in total. The highest BCUT2D eigenvalue weighted by molar-refractivity contribution is 5.28. The number of hydrogen-bond donors (Lipinski definition) is 2. The Morgan fingerprint density at radius 2 is 1.67 bits per heavy atom. The van der Waals surface area contributed by atoms with Crippen LogP contribution in [0.5, 0.6) is 5.75 Å². The molecule has 2 aromatic carbocycles. The summed E-state index contributed by atoms with van der Waals surface area (Å²) in [5, 5.41) is 13.2. The van der Waals surface area contributed by atoms with Crippen molar-refractivity contribution in [1.82, 2.24) is 5.32 Å². The lowest BCUT2D eigenvalue weighted by molar-refractivity contribution is -0.0498. The first kappa shape index (κ1) is 15.4. The fourth-order valence-electron chi connectivity index (χ4n) is 1.94. The zero-order valence-electron chi connectivity index (χ0n) is 11.4. The normalized spacial score (nSPS) is 12.4. The summed E-state index contributed by atoms with van der Waals surface area (Å²) < 4.78 is 28.3. The van der Waals surface area contributed by atoms with E-state index in [1.165, 1.54) is 12.1 Å². The molecule has 5 heteroatoms. The molecule has 2 aromatic rings. The van der Waals surface area contributed by atoms with Crippen molar-refractivity contribution in [2.24, 2.45) is 0 Å².